The quantitative estimate of drug-likeness (QED) is 0.317. The fourth-order valence-corrected chi connectivity index (χ4v) is 5.14. The van der Waals surface area contributed by atoms with E-state index < -0.39 is 38.0 Å². The zero-order valence-electron chi connectivity index (χ0n) is 20.6. The molecule has 0 fully saturated rings. The highest BCUT2D eigenvalue weighted by Gasteiger charge is 2.23. The van der Waals surface area contributed by atoms with Crippen LogP contribution in [0.25, 0.3) is 22.0 Å². The van der Waals surface area contributed by atoms with Gasteiger partial charge in [0.2, 0.25) is 11.8 Å². The number of carbonyl (C=O) groups excluding carboxylic acids is 1. The molecule has 5 aromatic rings. The first kappa shape index (κ1) is 26.4. The van der Waals surface area contributed by atoms with Crippen LogP contribution in [0.3, 0.4) is 0 Å². The fraction of sp³-hybridized carbons (Fsp3) is 0.0370. The van der Waals surface area contributed by atoms with Gasteiger partial charge in [0.15, 0.2) is 0 Å². The molecule has 0 aliphatic carbocycles. The van der Waals surface area contributed by atoms with E-state index in [4.69, 9.17) is 10.5 Å². The Morgan fingerprint density at radius 3 is 2.45 bits per heavy atom. The van der Waals surface area contributed by atoms with Crippen LogP contribution in [0.15, 0.2) is 88.7 Å². The van der Waals surface area contributed by atoms with Crippen LogP contribution in [-0.4, -0.2) is 36.0 Å². The van der Waals surface area contributed by atoms with Gasteiger partial charge in [-0.15, -0.1) is 0 Å². The summed E-state index contributed by atoms with van der Waals surface area (Å²) in [5.41, 5.74) is 6.33. The number of methoxy groups -OCH3 is 1. The molecular formula is C27H19F2N5O5S. The number of nitrogens with zero attached hydrogens (tertiary/aromatic N) is 3. The van der Waals surface area contributed by atoms with Crippen LogP contribution in [0.2, 0.25) is 0 Å². The van der Waals surface area contributed by atoms with Crippen LogP contribution in [0.1, 0.15) is 10.4 Å². The van der Waals surface area contributed by atoms with Crippen molar-refractivity contribution in [2.45, 2.75) is 4.90 Å². The predicted molar refractivity (Wildman–Crippen MR) is 144 cm³/mol. The Bertz CT molecular complexity index is 1960. The smallest absolute Gasteiger partial charge is 0.269 e. The van der Waals surface area contributed by atoms with Gasteiger partial charge in [-0.2, -0.15) is 0 Å². The summed E-state index contributed by atoms with van der Waals surface area (Å²) in [6.07, 6.45) is 1.37. The highest BCUT2D eigenvalue weighted by Crippen LogP contribution is 2.31. The molecule has 0 unspecified atom stereocenters. The molecule has 13 heteroatoms. The lowest BCUT2D eigenvalue weighted by molar-refractivity contribution is 0.0958. The van der Waals surface area contributed by atoms with Gasteiger partial charge in [0.1, 0.15) is 22.2 Å². The van der Waals surface area contributed by atoms with E-state index in [-0.39, 0.29) is 34.0 Å². The Balaban J connectivity index is 1.58. The van der Waals surface area contributed by atoms with E-state index in [0.29, 0.717) is 17.2 Å². The number of hydrogen-bond donors (Lipinski definition) is 2. The van der Waals surface area contributed by atoms with E-state index in [1.165, 1.54) is 43.6 Å². The number of nitrogen functional groups attached to an aromatic ring is 1. The van der Waals surface area contributed by atoms with Crippen molar-refractivity contribution in [1.82, 2.24) is 14.5 Å². The van der Waals surface area contributed by atoms with Gasteiger partial charge in [0.25, 0.3) is 21.5 Å². The molecule has 0 radical (unpaired) electrons. The molecule has 5 rings (SSSR count). The minimum Gasteiger partial charge on any atom is -0.480 e. The van der Waals surface area contributed by atoms with Crippen molar-refractivity contribution in [2.24, 2.45) is 0 Å². The number of fused-ring (bicyclic) bond motifs is 1. The summed E-state index contributed by atoms with van der Waals surface area (Å²) in [6, 6.07) is 16.1. The number of carbonyl (C=O) groups is 1. The van der Waals surface area contributed by atoms with E-state index in [1.54, 1.807) is 24.3 Å². The van der Waals surface area contributed by atoms with Crippen molar-refractivity contribution in [3.63, 3.8) is 0 Å². The number of ether oxygens (including phenoxy) is 1. The molecule has 0 saturated carbocycles. The van der Waals surface area contributed by atoms with E-state index in [2.05, 4.69) is 14.7 Å². The average molecular weight is 564 g/mol. The summed E-state index contributed by atoms with van der Waals surface area (Å²) >= 11 is 0. The molecule has 0 saturated heterocycles. The number of benzene rings is 3. The molecule has 2 aromatic heterocycles. The van der Waals surface area contributed by atoms with Crippen molar-refractivity contribution < 1.29 is 26.7 Å². The first-order valence-corrected chi connectivity index (χ1v) is 13.0. The normalized spacial score (nSPS) is 11.4. The Morgan fingerprint density at radius 1 is 1.00 bits per heavy atom. The second-order valence-electron chi connectivity index (χ2n) is 8.47. The standard InChI is InChI=1S/C27H19F2N5O5S/c1-39-24-22(33-40(37,38)23-10-8-18(28)13-20(23)29)12-17(14-31-24)16-7-9-21-19(11-16)26(36)34(27(30)32-21)25(35)15-5-3-2-4-6-15/h2-14,33H,1H3,(H2,30,32). The summed E-state index contributed by atoms with van der Waals surface area (Å²) in [5.74, 6) is -3.28. The van der Waals surface area contributed by atoms with Crippen molar-refractivity contribution >= 4 is 38.5 Å². The van der Waals surface area contributed by atoms with E-state index >= 15 is 0 Å². The number of nitrogens with two attached hydrogens (primary N) is 1. The van der Waals surface area contributed by atoms with Crippen molar-refractivity contribution in [1.29, 1.82) is 0 Å². The molecule has 40 heavy (non-hydrogen) atoms. The third kappa shape index (κ3) is 4.85. The van der Waals surface area contributed by atoms with Gasteiger partial charge >= 0.3 is 0 Å². The first-order valence-electron chi connectivity index (χ1n) is 11.5. The molecule has 2 heterocycles. The second-order valence-corrected chi connectivity index (χ2v) is 10.1. The van der Waals surface area contributed by atoms with Gasteiger partial charge < -0.3 is 10.5 Å². The van der Waals surface area contributed by atoms with Crippen LogP contribution >= 0.6 is 0 Å². The largest absolute Gasteiger partial charge is 0.480 e. The molecule has 0 spiro atoms. The van der Waals surface area contributed by atoms with Gasteiger partial charge in [-0.3, -0.25) is 14.3 Å². The van der Waals surface area contributed by atoms with Gasteiger partial charge in [-0.25, -0.2) is 31.7 Å². The number of hydrogen-bond acceptors (Lipinski definition) is 8. The number of aromatic nitrogens is 3. The van der Waals surface area contributed by atoms with Gasteiger partial charge in [0.05, 0.1) is 18.0 Å². The number of pyridine rings is 1. The molecule has 202 valence electrons. The minimum absolute atomic E-state index is 0.0716. The van der Waals surface area contributed by atoms with Crippen molar-refractivity contribution in [3.8, 4) is 17.0 Å². The third-order valence-corrected chi connectivity index (χ3v) is 7.32. The maximum Gasteiger partial charge on any atom is 0.269 e. The molecule has 10 nitrogen and oxygen atoms in total. The lowest BCUT2D eigenvalue weighted by Crippen LogP contribution is -2.30. The number of anilines is 2. The zero-order valence-corrected chi connectivity index (χ0v) is 21.4. The summed E-state index contributed by atoms with van der Waals surface area (Å²) in [7, 11) is -3.25. The van der Waals surface area contributed by atoms with E-state index in [0.717, 1.165) is 16.7 Å². The predicted octanol–water partition coefficient (Wildman–Crippen LogP) is 3.82. The van der Waals surface area contributed by atoms with Crippen molar-refractivity contribution in [2.75, 3.05) is 17.6 Å². The fourth-order valence-electron chi connectivity index (χ4n) is 4.03. The summed E-state index contributed by atoms with van der Waals surface area (Å²) in [5, 5.41) is 0.0716. The average Bonchev–Trinajstić information content (AvgIpc) is 2.93. The Kier molecular flexibility index (Phi) is 6.73. The molecule has 0 aliphatic rings. The molecule has 0 aliphatic heterocycles. The topological polar surface area (TPSA) is 146 Å². The molecule has 0 amide bonds. The highest BCUT2D eigenvalue weighted by atomic mass is 32.2. The highest BCUT2D eigenvalue weighted by molar-refractivity contribution is 7.92. The maximum absolute atomic E-state index is 14.2. The lowest BCUT2D eigenvalue weighted by atomic mass is 10.0. The minimum atomic E-state index is -4.51. The number of rotatable bonds is 6. The molecule has 3 aromatic carbocycles. The first-order chi connectivity index (χ1) is 19.1. The van der Waals surface area contributed by atoms with Gasteiger partial charge in [-0.05, 0) is 48.0 Å². The summed E-state index contributed by atoms with van der Waals surface area (Å²) in [4.78, 5) is 33.9. The lowest BCUT2D eigenvalue weighted by Gasteiger charge is -2.14. The van der Waals surface area contributed by atoms with Crippen LogP contribution < -0.4 is 20.8 Å². The number of halogens is 2. The van der Waals surface area contributed by atoms with E-state index in [9.17, 15) is 26.8 Å². The Labute approximate surface area is 225 Å². The number of sulfonamides is 1. The molecule has 0 bridgehead atoms. The SMILES string of the molecule is COc1ncc(-c2ccc3nc(N)n(C(=O)c4ccccc4)c(=O)c3c2)cc1NS(=O)(=O)c1ccc(F)cc1F. The summed E-state index contributed by atoms with van der Waals surface area (Å²) in [6.45, 7) is 0. The van der Waals surface area contributed by atoms with Crippen LogP contribution in [0, 0.1) is 11.6 Å². The van der Waals surface area contributed by atoms with Gasteiger partial charge in [0, 0.05) is 23.4 Å². The van der Waals surface area contributed by atoms with Crippen LogP contribution in [0.5, 0.6) is 5.88 Å². The van der Waals surface area contributed by atoms with Crippen molar-refractivity contribution in [3.05, 3.63) is 107 Å². The molecule has 3 N–H and O–H groups in total. The van der Waals surface area contributed by atoms with Crippen LogP contribution in [0.4, 0.5) is 20.4 Å². The Morgan fingerprint density at radius 2 is 1.75 bits per heavy atom. The third-order valence-electron chi connectivity index (χ3n) is 5.92. The molecular weight excluding hydrogens is 544 g/mol. The second kappa shape index (κ2) is 10.2. The van der Waals surface area contributed by atoms with E-state index in [1.807, 2.05) is 0 Å². The van der Waals surface area contributed by atoms with Crippen LogP contribution in [-0.2, 0) is 10.0 Å². The monoisotopic (exact) mass is 563 g/mol. The summed E-state index contributed by atoms with van der Waals surface area (Å²) < 4.78 is 61.4. The van der Waals surface area contributed by atoms with Gasteiger partial charge in [-0.1, -0.05) is 24.3 Å². The molecule has 0 atom stereocenters. The zero-order chi connectivity index (χ0) is 28.6. The number of nitrogens with one attached hydrogen (secondary N) is 1. The Hall–Kier alpha value is -5.17. The maximum atomic E-state index is 14.2.